The molecule has 0 saturated heterocycles. The van der Waals surface area contributed by atoms with Crippen LogP contribution in [0, 0.1) is 0 Å². The van der Waals surface area contributed by atoms with E-state index in [4.69, 9.17) is 5.73 Å². The molecule has 100 valence electrons. The highest BCUT2D eigenvalue weighted by Crippen LogP contribution is 2.30. The van der Waals surface area contributed by atoms with Gasteiger partial charge in [-0.3, -0.25) is 9.88 Å². The molecule has 19 heavy (non-hydrogen) atoms. The van der Waals surface area contributed by atoms with Gasteiger partial charge in [-0.15, -0.1) is 11.3 Å². The maximum Gasteiger partial charge on any atom is 0.0544 e. The average molecular weight is 273 g/mol. The molecule has 2 aromatic heterocycles. The van der Waals surface area contributed by atoms with Gasteiger partial charge in [-0.05, 0) is 35.9 Å². The Morgan fingerprint density at radius 2 is 2.16 bits per heavy atom. The van der Waals surface area contributed by atoms with E-state index in [2.05, 4.69) is 39.5 Å². The third-order valence-electron chi connectivity index (χ3n) is 3.49. The van der Waals surface area contributed by atoms with Crippen molar-refractivity contribution in [2.75, 3.05) is 0 Å². The number of pyridine rings is 1. The van der Waals surface area contributed by atoms with E-state index in [1.54, 1.807) is 0 Å². The van der Waals surface area contributed by atoms with E-state index in [9.17, 15) is 0 Å². The quantitative estimate of drug-likeness (QED) is 0.880. The van der Waals surface area contributed by atoms with Gasteiger partial charge < -0.3 is 5.73 Å². The topological polar surface area (TPSA) is 42.1 Å². The standard InChI is InChI=1S/C15H19N3S/c16-8-12-3-4-13(17-9-12)10-18(14-5-6-14)11-15-2-1-7-19-15/h1-4,7,9,14H,5-6,8,10-11,16H2. The lowest BCUT2D eigenvalue weighted by atomic mass is 10.2. The number of rotatable bonds is 6. The second kappa shape index (κ2) is 5.82. The summed E-state index contributed by atoms with van der Waals surface area (Å²) in [6, 6.07) is 9.27. The van der Waals surface area contributed by atoms with E-state index in [-0.39, 0.29) is 0 Å². The summed E-state index contributed by atoms with van der Waals surface area (Å²) in [5.74, 6) is 0. The largest absolute Gasteiger partial charge is 0.326 e. The average Bonchev–Trinajstić information content (AvgIpc) is 3.17. The lowest BCUT2D eigenvalue weighted by Gasteiger charge is -2.20. The number of nitrogens with two attached hydrogens (primary N) is 1. The Hall–Kier alpha value is -1.23. The minimum Gasteiger partial charge on any atom is -0.326 e. The van der Waals surface area contributed by atoms with Crippen LogP contribution in [-0.2, 0) is 19.6 Å². The number of aromatic nitrogens is 1. The zero-order valence-electron chi connectivity index (χ0n) is 11.0. The minimum absolute atomic E-state index is 0.564. The first-order valence-corrected chi connectivity index (χ1v) is 7.63. The van der Waals surface area contributed by atoms with Gasteiger partial charge >= 0.3 is 0 Å². The fourth-order valence-corrected chi connectivity index (χ4v) is 2.96. The van der Waals surface area contributed by atoms with Crippen LogP contribution in [0.3, 0.4) is 0 Å². The molecule has 1 fully saturated rings. The van der Waals surface area contributed by atoms with Gasteiger partial charge in [0.15, 0.2) is 0 Å². The fourth-order valence-electron chi connectivity index (χ4n) is 2.23. The van der Waals surface area contributed by atoms with Gasteiger partial charge in [0, 0.05) is 36.8 Å². The molecule has 4 heteroatoms. The Labute approximate surface area is 118 Å². The third-order valence-corrected chi connectivity index (χ3v) is 4.35. The summed E-state index contributed by atoms with van der Waals surface area (Å²) in [6.07, 6.45) is 4.55. The van der Waals surface area contributed by atoms with Gasteiger partial charge in [0.05, 0.1) is 5.69 Å². The van der Waals surface area contributed by atoms with Crippen molar-refractivity contribution in [1.29, 1.82) is 0 Å². The van der Waals surface area contributed by atoms with Crippen molar-refractivity contribution in [3.8, 4) is 0 Å². The smallest absolute Gasteiger partial charge is 0.0544 e. The molecular formula is C15H19N3S. The SMILES string of the molecule is NCc1ccc(CN(Cc2cccs2)C2CC2)nc1. The Bertz CT molecular complexity index is 503. The normalized spacial score (nSPS) is 15.1. The van der Waals surface area contributed by atoms with Gasteiger partial charge in [0.1, 0.15) is 0 Å². The molecule has 0 spiro atoms. The van der Waals surface area contributed by atoms with E-state index in [1.807, 2.05) is 17.5 Å². The lowest BCUT2D eigenvalue weighted by Crippen LogP contribution is -2.25. The van der Waals surface area contributed by atoms with E-state index in [0.29, 0.717) is 6.54 Å². The maximum absolute atomic E-state index is 5.60. The molecule has 0 unspecified atom stereocenters. The summed E-state index contributed by atoms with van der Waals surface area (Å²) in [4.78, 5) is 8.48. The number of thiophene rings is 1. The third kappa shape index (κ3) is 3.41. The summed E-state index contributed by atoms with van der Waals surface area (Å²) in [5.41, 5.74) is 7.84. The first kappa shape index (κ1) is 12.8. The molecule has 0 atom stereocenters. The van der Waals surface area contributed by atoms with E-state index in [1.165, 1.54) is 17.7 Å². The molecule has 0 bridgehead atoms. The first-order valence-electron chi connectivity index (χ1n) is 6.75. The zero-order chi connectivity index (χ0) is 13.1. The Morgan fingerprint density at radius 3 is 2.74 bits per heavy atom. The molecule has 0 radical (unpaired) electrons. The van der Waals surface area contributed by atoms with E-state index >= 15 is 0 Å². The molecule has 3 nitrogen and oxygen atoms in total. The van der Waals surface area contributed by atoms with Crippen molar-refractivity contribution in [3.63, 3.8) is 0 Å². The molecule has 1 aliphatic carbocycles. The highest BCUT2D eigenvalue weighted by molar-refractivity contribution is 7.09. The zero-order valence-corrected chi connectivity index (χ0v) is 11.8. The van der Waals surface area contributed by atoms with Crippen molar-refractivity contribution in [1.82, 2.24) is 9.88 Å². The molecule has 2 heterocycles. The van der Waals surface area contributed by atoms with Crippen LogP contribution in [0.2, 0.25) is 0 Å². The highest BCUT2D eigenvalue weighted by Gasteiger charge is 2.29. The van der Waals surface area contributed by atoms with Gasteiger partial charge in [0.25, 0.3) is 0 Å². The second-order valence-electron chi connectivity index (χ2n) is 5.08. The Kier molecular flexibility index (Phi) is 3.92. The molecule has 3 rings (SSSR count). The molecule has 2 N–H and O–H groups in total. The highest BCUT2D eigenvalue weighted by atomic mass is 32.1. The van der Waals surface area contributed by atoms with E-state index < -0.39 is 0 Å². The van der Waals surface area contributed by atoms with Crippen molar-refractivity contribution in [2.24, 2.45) is 5.73 Å². The van der Waals surface area contributed by atoms with Crippen molar-refractivity contribution in [3.05, 3.63) is 52.0 Å². The van der Waals surface area contributed by atoms with Crippen LogP contribution in [0.5, 0.6) is 0 Å². The molecule has 2 aromatic rings. The fraction of sp³-hybridized carbons (Fsp3) is 0.400. The van der Waals surface area contributed by atoms with Gasteiger partial charge in [-0.25, -0.2) is 0 Å². The maximum atomic E-state index is 5.60. The second-order valence-corrected chi connectivity index (χ2v) is 6.11. The summed E-state index contributed by atoms with van der Waals surface area (Å²) in [7, 11) is 0. The number of hydrogen-bond acceptors (Lipinski definition) is 4. The first-order chi connectivity index (χ1) is 9.35. The van der Waals surface area contributed by atoms with E-state index in [0.717, 1.165) is 30.4 Å². The van der Waals surface area contributed by atoms with Gasteiger partial charge in [-0.1, -0.05) is 12.1 Å². The van der Waals surface area contributed by atoms with Gasteiger partial charge in [-0.2, -0.15) is 0 Å². The molecular weight excluding hydrogens is 254 g/mol. The van der Waals surface area contributed by atoms with Crippen LogP contribution in [0.1, 0.15) is 29.0 Å². The van der Waals surface area contributed by atoms with Crippen molar-refractivity contribution >= 4 is 11.3 Å². The summed E-state index contributed by atoms with van der Waals surface area (Å²) in [5, 5.41) is 2.15. The van der Waals surface area contributed by atoms with Crippen LogP contribution >= 0.6 is 11.3 Å². The lowest BCUT2D eigenvalue weighted by molar-refractivity contribution is 0.245. The summed E-state index contributed by atoms with van der Waals surface area (Å²) in [6.45, 7) is 2.55. The molecule has 1 saturated carbocycles. The molecule has 1 aliphatic rings. The van der Waals surface area contributed by atoms with Crippen LogP contribution in [0.15, 0.2) is 35.8 Å². The number of nitrogens with zero attached hydrogens (tertiary/aromatic N) is 2. The summed E-state index contributed by atoms with van der Waals surface area (Å²) < 4.78 is 0. The number of hydrogen-bond donors (Lipinski definition) is 1. The predicted molar refractivity (Wildman–Crippen MR) is 78.7 cm³/mol. The van der Waals surface area contributed by atoms with Crippen molar-refractivity contribution in [2.45, 2.75) is 38.5 Å². The molecule has 0 amide bonds. The van der Waals surface area contributed by atoms with Crippen LogP contribution in [0.25, 0.3) is 0 Å². The monoisotopic (exact) mass is 273 g/mol. The van der Waals surface area contributed by atoms with Crippen LogP contribution < -0.4 is 5.73 Å². The van der Waals surface area contributed by atoms with Crippen molar-refractivity contribution < 1.29 is 0 Å². The molecule has 0 aromatic carbocycles. The van der Waals surface area contributed by atoms with Gasteiger partial charge in [0.2, 0.25) is 0 Å². The predicted octanol–water partition coefficient (Wildman–Crippen LogP) is 2.77. The van der Waals surface area contributed by atoms with Crippen LogP contribution in [0.4, 0.5) is 0 Å². The summed E-state index contributed by atoms with van der Waals surface area (Å²) >= 11 is 1.83. The van der Waals surface area contributed by atoms with Crippen LogP contribution in [-0.4, -0.2) is 15.9 Å². The minimum atomic E-state index is 0.564. The Morgan fingerprint density at radius 1 is 1.26 bits per heavy atom. The Balaban J connectivity index is 1.66. The molecule has 0 aliphatic heterocycles.